The largest absolute Gasteiger partial charge is 0.493 e. The average molecular weight is 509 g/mol. The summed E-state index contributed by atoms with van der Waals surface area (Å²) in [6, 6.07) is 11.2. The number of carbonyl (C=O) groups excluding carboxylic acids is 2. The molecule has 2 aromatic carbocycles. The highest BCUT2D eigenvalue weighted by Crippen LogP contribution is 2.32. The molecule has 0 bridgehead atoms. The van der Waals surface area contributed by atoms with Crippen molar-refractivity contribution in [1.82, 2.24) is 4.57 Å². The van der Waals surface area contributed by atoms with Crippen molar-refractivity contribution in [2.75, 3.05) is 21.3 Å². The van der Waals surface area contributed by atoms with Crippen molar-refractivity contribution in [2.24, 2.45) is 4.99 Å². The number of carbonyl (C=O) groups is 2. The third-order valence-corrected chi connectivity index (χ3v) is 6.59. The van der Waals surface area contributed by atoms with E-state index in [2.05, 4.69) is 4.99 Å². The van der Waals surface area contributed by atoms with Gasteiger partial charge in [0.15, 0.2) is 16.3 Å². The Bertz CT molecular complexity index is 1550. The quantitative estimate of drug-likeness (QED) is 0.372. The Balaban J connectivity index is 1.93. The van der Waals surface area contributed by atoms with E-state index in [1.165, 1.54) is 37.0 Å². The zero-order chi connectivity index (χ0) is 26.0. The topological polar surface area (TPSA) is 105 Å². The summed E-state index contributed by atoms with van der Waals surface area (Å²) in [4.78, 5) is 42.8. The van der Waals surface area contributed by atoms with Crippen LogP contribution in [0, 0.1) is 0 Å². The molecule has 1 aromatic heterocycles. The smallest absolute Gasteiger partial charge is 0.338 e. The van der Waals surface area contributed by atoms with Crippen molar-refractivity contribution in [1.29, 1.82) is 0 Å². The molecule has 0 unspecified atom stereocenters. The molecule has 9 nitrogen and oxygen atoms in total. The van der Waals surface area contributed by atoms with Crippen molar-refractivity contribution in [3.63, 3.8) is 0 Å². The fourth-order valence-corrected chi connectivity index (χ4v) is 5.10. The predicted octanol–water partition coefficient (Wildman–Crippen LogP) is 2.35. The first kappa shape index (κ1) is 24.9. The summed E-state index contributed by atoms with van der Waals surface area (Å²) >= 11 is 1.20. The van der Waals surface area contributed by atoms with E-state index in [1.807, 2.05) is 6.07 Å². The minimum atomic E-state index is -0.783. The van der Waals surface area contributed by atoms with Crippen LogP contribution in [0.3, 0.4) is 0 Å². The van der Waals surface area contributed by atoms with Gasteiger partial charge >= 0.3 is 11.9 Å². The number of hydrogen-bond acceptors (Lipinski definition) is 9. The Morgan fingerprint density at radius 2 is 1.78 bits per heavy atom. The number of rotatable bonds is 6. The summed E-state index contributed by atoms with van der Waals surface area (Å²) in [7, 11) is 4.35. The van der Waals surface area contributed by atoms with E-state index in [4.69, 9.17) is 18.9 Å². The summed E-state index contributed by atoms with van der Waals surface area (Å²) in [5.41, 5.74) is 1.66. The third-order valence-electron chi connectivity index (χ3n) is 5.60. The van der Waals surface area contributed by atoms with Gasteiger partial charge in [-0.25, -0.2) is 9.79 Å². The summed E-state index contributed by atoms with van der Waals surface area (Å²) in [6.45, 7) is 3.01. The normalized spacial score (nSPS) is 15.1. The van der Waals surface area contributed by atoms with E-state index < -0.39 is 18.0 Å². The van der Waals surface area contributed by atoms with Crippen LogP contribution in [0.5, 0.6) is 17.2 Å². The molecular weight excluding hydrogens is 484 g/mol. The number of aromatic nitrogens is 1. The van der Waals surface area contributed by atoms with Gasteiger partial charge in [-0.15, -0.1) is 0 Å². The molecule has 0 aliphatic carbocycles. The van der Waals surface area contributed by atoms with Crippen LogP contribution < -0.4 is 29.1 Å². The van der Waals surface area contributed by atoms with Gasteiger partial charge in [0.1, 0.15) is 5.75 Å². The van der Waals surface area contributed by atoms with Gasteiger partial charge in [0.05, 0.1) is 43.2 Å². The molecule has 1 aliphatic heterocycles. The van der Waals surface area contributed by atoms with Gasteiger partial charge in [-0.2, -0.15) is 0 Å². The lowest BCUT2D eigenvalue weighted by Gasteiger charge is -2.24. The van der Waals surface area contributed by atoms with Gasteiger partial charge in [-0.1, -0.05) is 35.6 Å². The Morgan fingerprint density at radius 1 is 1.06 bits per heavy atom. The van der Waals surface area contributed by atoms with Gasteiger partial charge in [0.25, 0.3) is 5.56 Å². The predicted molar refractivity (Wildman–Crippen MR) is 133 cm³/mol. The van der Waals surface area contributed by atoms with Crippen LogP contribution in [0.1, 0.15) is 31.0 Å². The van der Waals surface area contributed by atoms with Crippen LogP contribution in [0.25, 0.3) is 6.08 Å². The molecule has 1 atom stereocenters. The Kier molecular flexibility index (Phi) is 7.07. The van der Waals surface area contributed by atoms with E-state index in [0.29, 0.717) is 43.4 Å². The van der Waals surface area contributed by atoms with Crippen molar-refractivity contribution in [3.8, 4) is 17.2 Å². The van der Waals surface area contributed by atoms with Crippen LogP contribution in [-0.2, 0) is 14.3 Å². The molecule has 4 rings (SSSR count). The van der Waals surface area contributed by atoms with Crippen LogP contribution in [-0.4, -0.2) is 37.8 Å². The van der Waals surface area contributed by atoms with Gasteiger partial charge in [0.2, 0.25) is 0 Å². The summed E-state index contributed by atoms with van der Waals surface area (Å²) < 4.78 is 22.9. The molecule has 0 radical (unpaired) electrons. The summed E-state index contributed by atoms with van der Waals surface area (Å²) in [5, 5.41) is 0. The standard InChI is InChI=1S/C26H24N2O7S/c1-14-21(25(31)34-5)22(16-9-11-18(12-10-16)35-15(2)29)28-24(30)20(36-26(28)27-14)13-17-7-6-8-19(32-3)23(17)33-4/h6-13,22H,1-5H3/b20-13-/t22-/m1/s1. The minimum absolute atomic E-state index is 0.246. The highest BCUT2D eigenvalue weighted by Gasteiger charge is 2.33. The van der Waals surface area contributed by atoms with Crippen LogP contribution >= 0.6 is 11.3 Å². The second kappa shape index (κ2) is 10.2. The molecule has 2 heterocycles. The Morgan fingerprint density at radius 3 is 2.39 bits per heavy atom. The first-order chi connectivity index (χ1) is 17.3. The van der Waals surface area contributed by atoms with Crippen molar-refractivity contribution >= 4 is 29.4 Å². The van der Waals surface area contributed by atoms with E-state index in [9.17, 15) is 14.4 Å². The van der Waals surface area contributed by atoms with Gasteiger partial charge in [-0.05, 0) is 36.8 Å². The molecule has 186 valence electrons. The number of esters is 2. The van der Waals surface area contributed by atoms with E-state index >= 15 is 0 Å². The molecule has 1 aliphatic rings. The van der Waals surface area contributed by atoms with Crippen LogP contribution in [0.2, 0.25) is 0 Å². The van der Waals surface area contributed by atoms with E-state index in [-0.39, 0.29) is 11.1 Å². The number of benzene rings is 2. The molecule has 0 spiro atoms. The number of methoxy groups -OCH3 is 3. The summed E-state index contributed by atoms with van der Waals surface area (Å²) in [6.07, 6.45) is 1.71. The molecule has 0 saturated heterocycles. The van der Waals surface area contributed by atoms with Crippen molar-refractivity contribution in [3.05, 3.63) is 84.5 Å². The third kappa shape index (κ3) is 4.55. The number of nitrogens with zero attached hydrogens (tertiary/aromatic N) is 2. The van der Waals surface area contributed by atoms with Gasteiger partial charge < -0.3 is 18.9 Å². The highest BCUT2D eigenvalue weighted by molar-refractivity contribution is 7.07. The van der Waals surface area contributed by atoms with Gasteiger partial charge in [0, 0.05) is 12.5 Å². The minimum Gasteiger partial charge on any atom is -0.493 e. The number of fused-ring (bicyclic) bond motifs is 1. The Labute approximate surface area is 210 Å². The average Bonchev–Trinajstić information content (AvgIpc) is 3.16. The number of ether oxygens (including phenoxy) is 4. The number of thiazole rings is 1. The molecule has 0 amide bonds. The monoisotopic (exact) mass is 508 g/mol. The molecular formula is C26H24N2O7S. The van der Waals surface area contributed by atoms with E-state index in [1.54, 1.807) is 56.5 Å². The first-order valence-corrected chi connectivity index (χ1v) is 11.7. The number of allylic oxidation sites excluding steroid dienone is 1. The maximum atomic E-state index is 13.7. The summed E-state index contributed by atoms with van der Waals surface area (Å²) in [5.74, 6) is 0.344. The first-order valence-electron chi connectivity index (χ1n) is 10.9. The van der Waals surface area contributed by atoms with Crippen molar-refractivity contribution in [2.45, 2.75) is 19.9 Å². The molecule has 0 fully saturated rings. The molecule has 36 heavy (non-hydrogen) atoms. The molecule has 10 heteroatoms. The lowest BCUT2D eigenvalue weighted by atomic mass is 9.96. The zero-order valence-corrected chi connectivity index (χ0v) is 21.2. The Hall–Kier alpha value is -4.18. The zero-order valence-electron chi connectivity index (χ0n) is 20.4. The molecule has 0 saturated carbocycles. The van der Waals surface area contributed by atoms with E-state index in [0.717, 1.165) is 0 Å². The van der Waals surface area contributed by atoms with Crippen LogP contribution in [0.15, 0.2) is 63.5 Å². The maximum absolute atomic E-state index is 13.7. The van der Waals surface area contributed by atoms with Gasteiger partial charge in [-0.3, -0.25) is 14.2 Å². The maximum Gasteiger partial charge on any atom is 0.338 e. The molecule has 0 N–H and O–H groups in total. The second-order valence-electron chi connectivity index (χ2n) is 7.82. The van der Waals surface area contributed by atoms with Crippen LogP contribution in [0.4, 0.5) is 0 Å². The lowest BCUT2D eigenvalue weighted by molar-refractivity contribution is -0.136. The fraction of sp³-hybridized carbons (Fsp3) is 0.231. The van der Waals surface area contributed by atoms with Crippen molar-refractivity contribution < 1.29 is 28.5 Å². The number of hydrogen-bond donors (Lipinski definition) is 0. The second-order valence-corrected chi connectivity index (χ2v) is 8.83. The number of para-hydroxylation sites is 1. The SMILES string of the molecule is COC(=O)C1=C(C)N=c2s/c(=C\c3cccc(OC)c3OC)c(=O)n2[C@@H]1c1ccc(OC(C)=O)cc1. The lowest BCUT2D eigenvalue weighted by Crippen LogP contribution is -2.39. The highest BCUT2D eigenvalue weighted by atomic mass is 32.1. The fourth-order valence-electron chi connectivity index (χ4n) is 4.06. The molecule has 3 aromatic rings.